The van der Waals surface area contributed by atoms with Gasteiger partial charge in [-0.05, 0) is 57.0 Å². The zero-order valence-corrected chi connectivity index (χ0v) is 19.0. The second-order valence-corrected chi connectivity index (χ2v) is 8.75. The SMILES string of the molecule is COc1ccc2c(c1)c(=O)oc1cc(OC(=O)C(NC(=O)OC(C)(C)C)C(C)C)ccc12. The first kappa shape index (κ1) is 23.1. The molecule has 1 amide bonds. The van der Waals surface area contributed by atoms with Gasteiger partial charge in [0.1, 0.15) is 28.7 Å². The van der Waals surface area contributed by atoms with Crippen LogP contribution in [0.4, 0.5) is 4.79 Å². The Morgan fingerprint density at radius 1 is 0.969 bits per heavy atom. The molecule has 170 valence electrons. The van der Waals surface area contributed by atoms with Crippen molar-refractivity contribution in [2.45, 2.75) is 46.3 Å². The molecule has 2 aromatic carbocycles. The summed E-state index contributed by atoms with van der Waals surface area (Å²) >= 11 is 0. The highest BCUT2D eigenvalue weighted by Gasteiger charge is 2.28. The summed E-state index contributed by atoms with van der Waals surface area (Å²) in [4.78, 5) is 37.3. The van der Waals surface area contributed by atoms with Crippen LogP contribution in [0, 0.1) is 5.92 Å². The van der Waals surface area contributed by atoms with Crippen LogP contribution in [0.3, 0.4) is 0 Å². The van der Waals surface area contributed by atoms with E-state index in [1.54, 1.807) is 65.0 Å². The van der Waals surface area contributed by atoms with Crippen LogP contribution in [0.15, 0.2) is 45.6 Å². The molecule has 0 bridgehead atoms. The Balaban J connectivity index is 1.87. The van der Waals surface area contributed by atoms with E-state index in [-0.39, 0.29) is 17.3 Å². The molecule has 8 heteroatoms. The Morgan fingerprint density at radius 3 is 2.25 bits per heavy atom. The topological polar surface area (TPSA) is 104 Å². The largest absolute Gasteiger partial charge is 0.497 e. The Hall–Kier alpha value is -3.55. The van der Waals surface area contributed by atoms with Crippen LogP contribution in [0.5, 0.6) is 11.5 Å². The smallest absolute Gasteiger partial charge is 0.408 e. The average Bonchev–Trinajstić information content (AvgIpc) is 2.70. The molecule has 1 N–H and O–H groups in total. The van der Waals surface area contributed by atoms with Gasteiger partial charge in [-0.25, -0.2) is 14.4 Å². The first-order chi connectivity index (χ1) is 15.0. The van der Waals surface area contributed by atoms with Crippen LogP contribution in [-0.4, -0.2) is 30.8 Å². The minimum atomic E-state index is -0.920. The van der Waals surface area contributed by atoms with E-state index in [9.17, 15) is 14.4 Å². The summed E-state index contributed by atoms with van der Waals surface area (Å²) in [5, 5.41) is 4.33. The molecule has 0 saturated carbocycles. The van der Waals surface area contributed by atoms with Crippen LogP contribution in [-0.2, 0) is 9.53 Å². The maximum atomic E-state index is 12.7. The molecule has 1 aromatic heterocycles. The number of methoxy groups -OCH3 is 1. The zero-order valence-electron chi connectivity index (χ0n) is 19.0. The molecule has 32 heavy (non-hydrogen) atoms. The summed E-state index contributed by atoms with van der Waals surface area (Å²) in [6.45, 7) is 8.76. The van der Waals surface area contributed by atoms with Gasteiger partial charge in [0.05, 0.1) is 12.5 Å². The van der Waals surface area contributed by atoms with E-state index in [2.05, 4.69) is 5.32 Å². The van der Waals surface area contributed by atoms with Gasteiger partial charge < -0.3 is 23.9 Å². The van der Waals surface area contributed by atoms with Gasteiger partial charge in [0, 0.05) is 16.8 Å². The molecule has 0 aliphatic rings. The second-order valence-electron chi connectivity index (χ2n) is 8.75. The number of nitrogens with one attached hydrogen (secondary N) is 1. The van der Waals surface area contributed by atoms with E-state index in [0.717, 1.165) is 0 Å². The van der Waals surface area contributed by atoms with E-state index < -0.39 is 29.3 Å². The van der Waals surface area contributed by atoms with Crippen LogP contribution in [0.1, 0.15) is 34.6 Å². The minimum absolute atomic E-state index is 0.190. The number of hydrogen-bond acceptors (Lipinski definition) is 7. The third-order valence-corrected chi connectivity index (χ3v) is 4.70. The van der Waals surface area contributed by atoms with E-state index >= 15 is 0 Å². The molecule has 1 atom stereocenters. The number of esters is 1. The van der Waals surface area contributed by atoms with Gasteiger partial charge in [-0.15, -0.1) is 0 Å². The van der Waals surface area contributed by atoms with Crippen molar-refractivity contribution in [1.82, 2.24) is 5.32 Å². The lowest BCUT2D eigenvalue weighted by Crippen LogP contribution is -2.48. The Bertz CT molecular complexity index is 1220. The van der Waals surface area contributed by atoms with Crippen LogP contribution in [0.2, 0.25) is 0 Å². The molecule has 0 fully saturated rings. The third-order valence-electron chi connectivity index (χ3n) is 4.70. The molecule has 3 aromatic rings. The number of fused-ring (bicyclic) bond motifs is 3. The number of amides is 1. The molecule has 0 aliphatic carbocycles. The van der Waals surface area contributed by atoms with E-state index in [4.69, 9.17) is 18.6 Å². The first-order valence-electron chi connectivity index (χ1n) is 10.2. The number of alkyl carbamates (subject to hydrolysis) is 1. The summed E-state index contributed by atoms with van der Waals surface area (Å²) in [6, 6.07) is 9.02. The number of benzene rings is 2. The number of carbonyl (C=O) groups is 2. The fourth-order valence-corrected chi connectivity index (χ4v) is 3.19. The first-order valence-corrected chi connectivity index (χ1v) is 10.2. The standard InChI is InChI=1S/C24H27NO7/c1-13(2)20(25-23(28)32-24(3,4)5)22(27)30-15-8-10-17-16-9-7-14(29-6)11-18(16)21(26)31-19(17)12-15/h7-13,20H,1-6H3,(H,25,28). The maximum Gasteiger partial charge on any atom is 0.408 e. The van der Waals surface area contributed by atoms with Gasteiger partial charge in [0.2, 0.25) is 0 Å². The van der Waals surface area contributed by atoms with Crippen molar-refractivity contribution in [2.24, 2.45) is 5.92 Å². The molecular weight excluding hydrogens is 414 g/mol. The molecular formula is C24H27NO7. The number of ether oxygens (including phenoxy) is 3. The lowest BCUT2D eigenvalue weighted by Gasteiger charge is -2.24. The van der Waals surface area contributed by atoms with Gasteiger partial charge in [0.15, 0.2) is 0 Å². The van der Waals surface area contributed by atoms with Crippen LogP contribution < -0.4 is 20.4 Å². The van der Waals surface area contributed by atoms with E-state index in [0.29, 0.717) is 21.9 Å². The second kappa shape index (κ2) is 8.90. The fourth-order valence-electron chi connectivity index (χ4n) is 3.19. The highest BCUT2D eigenvalue weighted by molar-refractivity contribution is 6.05. The Morgan fingerprint density at radius 2 is 1.62 bits per heavy atom. The van der Waals surface area contributed by atoms with E-state index in [1.165, 1.54) is 13.2 Å². The van der Waals surface area contributed by atoms with E-state index in [1.807, 2.05) is 0 Å². The number of rotatable bonds is 5. The summed E-state index contributed by atoms with van der Waals surface area (Å²) in [7, 11) is 1.52. The van der Waals surface area contributed by atoms with Crippen LogP contribution in [0.25, 0.3) is 21.7 Å². The molecule has 1 heterocycles. The molecule has 0 aliphatic heterocycles. The third kappa shape index (κ3) is 5.19. The summed E-state index contributed by atoms with van der Waals surface area (Å²) in [6.07, 6.45) is -0.709. The van der Waals surface area contributed by atoms with Gasteiger partial charge in [-0.2, -0.15) is 0 Å². The molecule has 8 nitrogen and oxygen atoms in total. The summed E-state index contributed by atoms with van der Waals surface area (Å²) in [5.74, 6) is -0.160. The zero-order chi connectivity index (χ0) is 23.6. The number of hydrogen-bond donors (Lipinski definition) is 1. The lowest BCUT2D eigenvalue weighted by molar-refractivity contribution is -0.137. The molecule has 1 unspecified atom stereocenters. The molecule has 3 rings (SSSR count). The summed E-state index contributed by atoms with van der Waals surface area (Å²) in [5.41, 5.74) is -0.946. The highest BCUT2D eigenvalue weighted by Crippen LogP contribution is 2.28. The van der Waals surface area contributed by atoms with Crippen molar-refractivity contribution in [3.05, 3.63) is 46.8 Å². The molecule has 0 saturated heterocycles. The molecule has 0 spiro atoms. The van der Waals surface area contributed by atoms with Crippen molar-refractivity contribution in [1.29, 1.82) is 0 Å². The molecule has 0 radical (unpaired) electrons. The van der Waals surface area contributed by atoms with Gasteiger partial charge >= 0.3 is 17.7 Å². The Kier molecular flexibility index (Phi) is 6.43. The predicted octanol–water partition coefficient (Wildman–Crippen LogP) is 4.41. The monoisotopic (exact) mass is 441 g/mol. The quantitative estimate of drug-likeness (QED) is 0.271. The lowest BCUT2D eigenvalue weighted by atomic mass is 10.0. The maximum absolute atomic E-state index is 12.7. The predicted molar refractivity (Wildman–Crippen MR) is 120 cm³/mol. The van der Waals surface area contributed by atoms with Crippen molar-refractivity contribution in [2.75, 3.05) is 7.11 Å². The van der Waals surface area contributed by atoms with Gasteiger partial charge in [0.25, 0.3) is 0 Å². The Labute approximate surface area is 185 Å². The van der Waals surface area contributed by atoms with Crippen molar-refractivity contribution in [3.8, 4) is 11.5 Å². The normalized spacial score (nSPS) is 12.6. The van der Waals surface area contributed by atoms with Crippen molar-refractivity contribution >= 4 is 33.8 Å². The minimum Gasteiger partial charge on any atom is -0.497 e. The van der Waals surface area contributed by atoms with Gasteiger partial charge in [-0.3, -0.25) is 0 Å². The van der Waals surface area contributed by atoms with Gasteiger partial charge in [-0.1, -0.05) is 13.8 Å². The average molecular weight is 441 g/mol. The van der Waals surface area contributed by atoms with Crippen molar-refractivity contribution < 1.29 is 28.2 Å². The number of carbonyl (C=O) groups excluding carboxylic acids is 2. The summed E-state index contributed by atoms with van der Waals surface area (Å²) < 4.78 is 21.3. The van der Waals surface area contributed by atoms with Crippen molar-refractivity contribution in [3.63, 3.8) is 0 Å². The fraction of sp³-hybridized carbons (Fsp3) is 0.375. The highest BCUT2D eigenvalue weighted by atomic mass is 16.6. The van der Waals surface area contributed by atoms with Crippen LogP contribution >= 0.6 is 0 Å².